The summed E-state index contributed by atoms with van der Waals surface area (Å²) in [5.41, 5.74) is 1.63. The zero-order valence-electron chi connectivity index (χ0n) is 20.9. The van der Waals surface area contributed by atoms with E-state index in [-0.39, 0.29) is 22.0 Å². The first-order chi connectivity index (χ1) is 18.0. The minimum atomic E-state index is -3.81. The van der Waals surface area contributed by atoms with Crippen molar-refractivity contribution in [1.29, 1.82) is 0 Å². The Bertz CT molecular complexity index is 1550. The van der Waals surface area contributed by atoms with Crippen LogP contribution in [-0.2, 0) is 16.6 Å². The zero-order chi connectivity index (χ0) is 27.5. The number of rotatable bonds is 11. The van der Waals surface area contributed by atoms with Gasteiger partial charge in [0.15, 0.2) is 0 Å². The molecule has 3 aromatic carbocycles. The number of hydrogen-bond donors (Lipinski definition) is 4. The molecule has 0 spiro atoms. The van der Waals surface area contributed by atoms with Crippen LogP contribution in [0.5, 0.6) is 0 Å². The number of nitrogens with one attached hydrogen (secondary N) is 2. The molecule has 1 aromatic heterocycles. The summed E-state index contributed by atoms with van der Waals surface area (Å²) in [4.78, 5) is 15.9. The fraction of sp³-hybridized carbons (Fsp3) is 0.259. The van der Waals surface area contributed by atoms with Crippen LogP contribution in [0, 0.1) is 0 Å². The Balaban J connectivity index is 1.42. The van der Waals surface area contributed by atoms with E-state index < -0.39 is 27.6 Å². The Morgan fingerprint density at radius 2 is 1.79 bits per heavy atom. The number of fused-ring (bicyclic) bond motifs is 1. The van der Waals surface area contributed by atoms with Gasteiger partial charge < -0.3 is 20.1 Å². The lowest BCUT2D eigenvalue weighted by Gasteiger charge is -2.28. The van der Waals surface area contributed by atoms with Crippen molar-refractivity contribution in [2.45, 2.75) is 43.4 Å². The number of para-hydroxylation sites is 1. The average molecular weight is 557 g/mol. The molecule has 1 atom stereocenters. The van der Waals surface area contributed by atoms with Gasteiger partial charge in [-0.1, -0.05) is 48.0 Å². The number of aryl methyl sites for hydroxylation is 1. The van der Waals surface area contributed by atoms with Crippen LogP contribution in [0.15, 0.2) is 78.0 Å². The molecule has 0 saturated carbocycles. The summed E-state index contributed by atoms with van der Waals surface area (Å²) in [6.45, 7) is 4.70. The molecule has 38 heavy (non-hydrogen) atoms. The molecule has 0 radical (unpaired) electrons. The largest absolute Gasteiger partial charge is 0.478 e. The third-order valence-electron chi connectivity index (χ3n) is 6.31. The number of aromatic carboxylic acids is 1. The number of carboxylic acid groups (broad SMARTS) is 1. The number of aliphatic hydroxyl groups excluding tert-OH is 1. The predicted octanol–water partition coefficient (Wildman–Crippen LogP) is 4.68. The summed E-state index contributed by atoms with van der Waals surface area (Å²) in [5, 5.41) is 23.8. The minimum absolute atomic E-state index is 0.0166. The fourth-order valence-corrected chi connectivity index (χ4v) is 5.42. The van der Waals surface area contributed by atoms with E-state index in [9.17, 15) is 23.4 Å². The van der Waals surface area contributed by atoms with Gasteiger partial charge >= 0.3 is 5.97 Å². The molecule has 4 aromatic rings. The predicted molar refractivity (Wildman–Crippen MR) is 147 cm³/mol. The van der Waals surface area contributed by atoms with Gasteiger partial charge in [-0.05, 0) is 50.6 Å². The Hall–Kier alpha value is -3.44. The van der Waals surface area contributed by atoms with Crippen LogP contribution in [0.1, 0.15) is 42.3 Å². The molecule has 0 aliphatic carbocycles. The molecule has 0 aliphatic heterocycles. The molecule has 0 amide bonds. The average Bonchev–Trinajstić information content (AvgIpc) is 3.28. The first-order valence-electron chi connectivity index (χ1n) is 11.9. The van der Waals surface area contributed by atoms with Crippen molar-refractivity contribution in [3.8, 4) is 0 Å². The Morgan fingerprint density at radius 3 is 2.50 bits per heavy atom. The van der Waals surface area contributed by atoms with Crippen molar-refractivity contribution in [3.63, 3.8) is 0 Å². The van der Waals surface area contributed by atoms with Gasteiger partial charge in [0, 0.05) is 24.2 Å². The Kier molecular flexibility index (Phi) is 8.08. The third-order valence-corrected chi connectivity index (χ3v) is 8.00. The lowest BCUT2D eigenvalue weighted by atomic mass is 9.99. The summed E-state index contributed by atoms with van der Waals surface area (Å²) >= 11 is 6.05. The molecular formula is C27H29ClN4O5S. The highest BCUT2D eigenvalue weighted by atomic mass is 35.5. The van der Waals surface area contributed by atoms with Gasteiger partial charge in [-0.2, -0.15) is 0 Å². The van der Waals surface area contributed by atoms with Gasteiger partial charge in [-0.15, -0.1) is 0 Å². The molecule has 4 N–H and O–H groups in total. The topological polar surface area (TPSA) is 134 Å². The van der Waals surface area contributed by atoms with Crippen LogP contribution >= 0.6 is 11.6 Å². The van der Waals surface area contributed by atoms with Crippen molar-refractivity contribution >= 4 is 44.3 Å². The van der Waals surface area contributed by atoms with Gasteiger partial charge in [0.2, 0.25) is 0 Å². The normalized spacial score (nSPS) is 12.9. The van der Waals surface area contributed by atoms with Crippen molar-refractivity contribution < 1.29 is 23.4 Å². The number of carboxylic acids is 1. The first-order valence-corrected chi connectivity index (χ1v) is 13.8. The number of aromatic nitrogens is 2. The molecule has 1 heterocycles. The molecule has 4 rings (SSSR count). The maximum atomic E-state index is 12.8. The Labute approximate surface area is 226 Å². The number of halogens is 1. The SMILES string of the molecule is CC(C)(CCn1cnc2cc(Cl)c(C(=O)O)cc21)NCC(O)c1ccccc1NS(=O)(=O)c1ccccc1. The van der Waals surface area contributed by atoms with E-state index >= 15 is 0 Å². The second kappa shape index (κ2) is 11.1. The number of benzene rings is 3. The minimum Gasteiger partial charge on any atom is -0.478 e. The van der Waals surface area contributed by atoms with Gasteiger partial charge in [0.1, 0.15) is 0 Å². The number of aliphatic hydroxyl groups is 1. The second-order valence-electron chi connectivity index (χ2n) is 9.60. The zero-order valence-corrected chi connectivity index (χ0v) is 22.5. The molecule has 0 saturated heterocycles. The van der Waals surface area contributed by atoms with E-state index in [0.717, 1.165) is 0 Å². The summed E-state index contributed by atoms with van der Waals surface area (Å²) in [6.07, 6.45) is 1.31. The Morgan fingerprint density at radius 1 is 1.11 bits per heavy atom. The fourth-order valence-electron chi connectivity index (χ4n) is 4.08. The van der Waals surface area contributed by atoms with Crippen LogP contribution in [0.25, 0.3) is 11.0 Å². The van der Waals surface area contributed by atoms with E-state index in [1.165, 1.54) is 18.2 Å². The summed E-state index contributed by atoms with van der Waals surface area (Å²) in [7, 11) is -3.81. The van der Waals surface area contributed by atoms with Crippen LogP contribution in [0.4, 0.5) is 5.69 Å². The van der Waals surface area contributed by atoms with E-state index in [1.807, 2.05) is 18.4 Å². The van der Waals surface area contributed by atoms with Crippen molar-refractivity contribution in [1.82, 2.24) is 14.9 Å². The monoisotopic (exact) mass is 556 g/mol. The molecule has 9 nitrogen and oxygen atoms in total. The van der Waals surface area contributed by atoms with Crippen LogP contribution in [0.2, 0.25) is 5.02 Å². The van der Waals surface area contributed by atoms with Crippen molar-refractivity contribution in [2.24, 2.45) is 0 Å². The third kappa shape index (κ3) is 6.33. The highest BCUT2D eigenvalue weighted by Gasteiger charge is 2.23. The standard InChI is InChI=1S/C27H29ClN4O5S/c1-27(2,12-13-32-17-29-23-15-21(28)20(26(34)35)14-24(23)32)30-16-25(33)19-10-6-7-11-22(19)31-38(36,37)18-8-4-3-5-9-18/h3-11,14-15,17,25,30-31,33H,12-13,16H2,1-2H3,(H,34,35). The number of nitrogens with zero attached hydrogens (tertiary/aromatic N) is 2. The summed E-state index contributed by atoms with van der Waals surface area (Å²) < 4.78 is 30.1. The molecule has 200 valence electrons. The molecule has 0 aliphatic rings. The van der Waals surface area contributed by atoms with E-state index in [1.54, 1.807) is 54.9 Å². The van der Waals surface area contributed by atoms with Crippen LogP contribution in [-0.4, -0.2) is 46.2 Å². The van der Waals surface area contributed by atoms with E-state index in [4.69, 9.17) is 11.6 Å². The summed E-state index contributed by atoms with van der Waals surface area (Å²) in [5.74, 6) is -1.10. The van der Waals surface area contributed by atoms with Crippen LogP contribution < -0.4 is 10.0 Å². The van der Waals surface area contributed by atoms with E-state index in [2.05, 4.69) is 15.0 Å². The first kappa shape index (κ1) is 27.6. The number of anilines is 1. The number of carbonyl (C=O) groups is 1. The number of β-amino-alcohol motifs (C(OH)–C–C–N with tert-alkyl or cyclic N) is 1. The number of sulfonamides is 1. The van der Waals surface area contributed by atoms with Crippen molar-refractivity contribution in [2.75, 3.05) is 11.3 Å². The van der Waals surface area contributed by atoms with Gasteiger partial charge in [-0.3, -0.25) is 4.72 Å². The maximum Gasteiger partial charge on any atom is 0.337 e. The van der Waals surface area contributed by atoms with Gasteiger partial charge in [0.05, 0.1) is 44.6 Å². The second-order valence-corrected chi connectivity index (χ2v) is 11.7. The number of hydrogen-bond acceptors (Lipinski definition) is 6. The smallest absolute Gasteiger partial charge is 0.337 e. The quantitative estimate of drug-likeness (QED) is 0.211. The summed E-state index contributed by atoms with van der Waals surface area (Å²) in [6, 6.07) is 17.9. The molecule has 0 bridgehead atoms. The lowest BCUT2D eigenvalue weighted by Crippen LogP contribution is -2.42. The number of imidazole rings is 1. The van der Waals surface area contributed by atoms with E-state index in [0.29, 0.717) is 35.2 Å². The highest BCUT2D eigenvalue weighted by Crippen LogP contribution is 2.27. The molecular weight excluding hydrogens is 528 g/mol. The lowest BCUT2D eigenvalue weighted by molar-refractivity contribution is 0.0697. The molecule has 1 unspecified atom stereocenters. The van der Waals surface area contributed by atoms with Gasteiger partial charge in [0.25, 0.3) is 10.0 Å². The molecule has 0 fully saturated rings. The maximum absolute atomic E-state index is 12.8. The highest BCUT2D eigenvalue weighted by molar-refractivity contribution is 7.92. The van der Waals surface area contributed by atoms with Crippen LogP contribution in [0.3, 0.4) is 0 Å². The van der Waals surface area contributed by atoms with Crippen molar-refractivity contribution in [3.05, 3.63) is 89.2 Å². The van der Waals surface area contributed by atoms with Gasteiger partial charge in [-0.25, -0.2) is 18.2 Å². The molecule has 11 heteroatoms.